The second-order valence-corrected chi connectivity index (χ2v) is 7.47. The van der Waals surface area contributed by atoms with Crippen LogP contribution >= 0.6 is 11.6 Å². The summed E-state index contributed by atoms with van der Waals surface area (Å²) in [5, 5.41) is 11.6. The van der Waals surface area contributed by atoms with Crippen molar-refractivity contribution in [2.24, 2.45) is 0 Å². The molecule has 0 radical (unpaired) electrons. The Morgan fingerprint density at radius 2 is 1.79 bits per heavy atom. The Kier molecular flexibility index (Phi) is 5.21. The van der Waals surface area contributed by atoms with Gasteiger partial charge in [0, 0.05) is 24.2 Å². The molecule has 1 atom stereocenters. The molecule has 1 unspecified atom stereocenters. The van der Waals surface area contributed by atoms with E-state index in [1.54, 1.807) is 47.4 Å². The van der Waals surface area contributed by atoms with Crippen LogP contribution in [0.5, 0.6) is 0 Å². The van der Waals surface area contributed by atoms with E-state index in [2.05, 4.69) is 4.90 Å². The maximum Gasteiger partial charge on any atom is 0.265 e. The number of amides is 1. The number of halogens is 1. The molecule has 28 heavy (non-hydrogen) atoms. The number of carbonyl (C=O) groups is 2. The van der Waals surface area contributed by atoms with Crippen LogP contribution in [0.1, 0.15) is 22.3 Å². The van der Waals surface area contributed by atoms with Gasteiger partial charge < -0.3 is 9.84 Å². The lowest BCUT2D eigenvalue weighted by Crippen LogP contribution is -2.49. The number of morpholine rings is 1. The summed E-state index contributed by atoms with van der Waals surface area (Å²) in [5.74, 6) is -0.856. The van der Waals surface area contributed by atoms with Crippen molar-refractivity contribution in [3.63, 3.8) is 0 Å². The fourth-order valence-corrected chi connectivity index (χ4v) is 4.02. The Morgan fingerprint density at radius 1 is 1.11 bits per heavy atom. The predicted octanol–water partition coefficient (Wildman–Crippen LogP) is 2.44. The number of carbonyl (C=O) groups excluding carboxylic acids is 2. The molecule has 2 heterocycles. The van der Waals surface area contributed by atoms with E-state index in [0.717, 1.165) is 0 Å². The minimum atomic E-state index is -1.90. The standard InChI is InChI=1S/C21H21ClN2O4/c22-17-7-3-1-5-15(17)19(25)13-21(27)16-6-2-4-8-18(16)24(20(21)26)14-23-9-11-28-12-10-23/h1-8,27H,9-14H2. The van der Waals surface area contributed by atoms with Crippen LogP contribution in [0.25, 0.3) is 0 Å². The van der Waals surface area contributed by atoms with Gasteiger partial charge in [0.25, 0.3) is 5.91 Å². The van der Waals surface area contributed by atoms with E-state index in [0.29, 0.717) is 54.8 Å². The Balaban J connectivity index is 1.64. The average molecular weight is 401 g/mol. The van der Waals surface area contributed by atoms with Crippen molar-refractivity contribution in [3.05, 3.63) is 64.7 Å². The molecule has 0 bridgehead atoms. The minimum Gasteiger partial charge on any atom is -0.379 e. The molecule has 0 aromatic heterocycles. The molecular weight excluding hydrogens is 380 g/mol. The van der Waals surface area contributed by atoms with Crippen molar-refractivity contribution in [2.45, 2.75) is 12.0 Å². The molecule has 4 rings (SSSR count). The van der Waals surface area contributed by atoms with Gasteiger partial charge in [0.2, 0.25) is 0 Å². The number of ketones is 1. The highest BCUT2D eigenvalue weighted by molar-refractivity contribution is 6.34. The molecule has 2 aliphatic rings. The summed E-state index contributed by atoms with van der Waals surface area (Å²) < 4.78 is 5.36. The Hall–Kier alpha value is -2.25. The van der Waals surface area contributed by atoms with Crippen molar-refractivity contribution < 1.29 is 19.4 Å². The number of benzene rings is 2. The zero-order valence-electron chi connectivity index (χ0n) is 15.3. The third-order valence-electron chi connectivity index (χ3n) is 5.28. The number of hydrogen-bond donors (Lipinski definition) is 1. The summed E-state index contributed by atoms with van der Waals surface area (Å²) >= 11 is 6.13. The summed E-state index contributed by atoms with van der Waals surface area (Å²) in [6.07, 6.45) is -0.355. The van der Waals surface area contributed by atoms with Crippen LogP contribution < -0.4 is 4.90 Å². The van der Waals surface area contributed by atoms with E-state index >= 15 is 0 Å². The second kappa shape index (κ2) is 7.64. The summed E-state index contributed by atoms with van der Waals surface area (Å²) in [7, 11) is 0. The first-order valence-electron chi connectivity index (χ1n) is 9.22. The van der Waals surface area contributed by atoms with Gasteiger partial charge in [-0.05, 0) is 18.2 Å². The number of Topliss-reactive ketones (excluding diaryl/α,β-unsaturated/α-hetero) is 1. The summed E-state index contributed by atoms with van der Waals surface area (Å²) in [6, 6.07) is 13.7. The summed E-state index contributed by atoms with van der Waals surface area (Å²) in [5.41, 5.74) is -0.518. The van der Waals surface area contributed by atoms with Crippen LogP contribution in [0.15, 0.2) is 48.5 Å². The highest BCUT2D eigenvalue weighted by atomic mass is 35.5. The van der Waals surface area contributed by atoms with Gasteiger partial charge in [0.05, 0.1) is 37.0 Å². The predicted molar refractivity (Wildman–Crippen MR) is 105 cm³/mol. The van der Waals surface area contributed by atoms with E-state index in [-0.39, 0.29) is 12.2 Å². The van der Waals surface area contributed by atoms with Crippen molar-refractivity contribution in [1.29, 1.82) is 0 Å². The lowest BCUT2D eigenvalue weighted by atomic mass is 9.88. The van der Waals surface area contributed by atoms with Crippen molar-refractivity contribution in [3.8, 4) is 0 Å². The molecule has 2 aromatic rings. The van der Waals surface area contributed by atoms with Gasteiger partial charge in [-0.15, -0.1) is 0 Å². The fraction of sp³-hybridized carbons (Fsp3) is 0.333. The number of anilines is 1. The number of ether oxygens (including phenoxy) is 1. The van der Waals surface area contributed by atoms with E-state index in [1.807, 2.05) is 6.07 Å². The highest BCUT2D eigenvalue weighted by Crippen LogP contribution is 2.43. The second-order valence-electron chi connectivity index (χ2n) is 7.06. The zero-order chi connectivity index (χ0) is 19.7. The fourth-order valence-electron chi connectivity index (χ4n) is 3.78. The third-order valence-corrected chi connectivity index (χ3v) is 5.60. The monoisotopic (exact) mass is 400 g/mol. The molecule has 1 saturated heterocycles. The largest absolute Gasteiger partial charge is 0.379 e. The van der Waals surface area contributed by atoms with Gasteiger partial charge in [-0.3, -0.25) is 19.4 Å². The van der Waals surface area contributed by atoms with Gasteiger partial charge in [0.1, 0.15) is 0 Å². The maximum absolute atomic E-state index is 13.2. The van der Waals surface area contributed by atoms with E-state index in [4.69, 9.17) is 16.3 Å². The summed E-state index contributed by atoms with van der Waals surface area (Å²) in [4.78, 5) is 29.7. The van der Waals surface area contributed by atoms with Crippen LogP contribution in [0.4, 0.5) is 5.69 Å². The average Bonchev–Trinajstić information content (AvgIpc) is 2.91. The lowest BCUT2D eigenvalue weighted by Gasteiger charge is -2.31. The van der Waals surface area contributed by atoms with Gasteiger partial charge in [0.15, 0.2) is 11.4 Å². The van der Waals surface area contributed by atoms with Gasteiger partial charge in [-0.2, -0.15) is 0 Å². The van der Waals surface area contributed by atoms with Crippen molar-refractivity contribution >= 4 is 29.0 Å². The van der Waals surface area contributed by atoms with E-state index in [9.17, 15) is 14.7 Å². The number of hydrogen-bond acceptors (Lipinski definition) is 5. The zero-order valence-corrected chi connectivity index (χ0v) is 16.1. The molecule has 0 aliphatic carbocycles. The molecule has 1 amide bonds. The number of rotatable bonds is 5. The minimum absolute atomic E-state index is 0.300. The number of fused-ring (bicyclic) bond motifs is 1. The molecule has 0 saturated carbocycles. The van der Waals surface area contributed by atoms with Crippen LogP contribution in [0.2, 0.25) is 5.02 Å². The maximum atomic E-state index is 13.2. The van der Waals surface area contributed by atoms with Gasteiger partial charge >= 0.3 is 0 Å². The highest BCUT2D eigenvalue weighted by Gasteiger charge is 2.51. The summed E-state index contributed by atoms with van der Waals surface area (Å²) in [6.45, 7) is 2.99. The number of nitrogens with zero attached hydrogens (tertiary/aromatic N) is 2. The van der Waals surface area contributed by atoms with Crippen LogP contribution in [-0.4, -0.2) is 54.7 Å². The smallest absolute Gasteiger partial charge is 0.265 e. The molecule has 6 nitrogen and oxygen atoms in total. The first-order chi connectivity index (χ1) is 13.5. The number of aliphatic hydroxyl groups is 1. The van der Waals surface area contributed by atoms with Crippen molar-refractivity contribution in [1.82, 2.24) is 4.90 Å². The first kappa shape index (κ1) is 19.1. The normalized spacial score (nSPS) is 22.4. The molecule has 146 valence electrons. The van der Waals surface area contributed by atoms with Gasteiger partial charge in [-0.1, -0.05) is 41.9 Å². The van der Waals surface area contributed by atoms with E-state index in [1.165, 1.54) is 0 Å². The van der Waals surface area contributed by atoms with Gasteiger partial charge in [-0.25, -0.2) is 0 Å². The lowest BCUT2D eigenvalue weighted by molar-refractivity contribution is -0.136. The molecule has 7 heteroatoms. The number of para-hydroxylation sites is 1. The Labute approximate surface area is 168 Å². The first-order valence-corrected chi connectivity index (χ1v) is 9.60. The molecular formula is C21H21ClN2O4. The third kappa shape index (κ3) is 3.33. The Morgan fingerprint density at radius 3 is 2.54 bits per heavy atom. The van der Waals surface area contributed by atoms with Crippen LogP contribution in [-0.2, 0) is 15.1 Å². The topological polar surface area (TPSA) is 70.1 Å². The molecule has 0 spiro atoms. The SMILES string of the molecule is O=C(CC1(O)C(=O)N(CN2CCOCC2)c2ccccc21)c1ccccc1Cl. The Bertz CT molecular complexity index is 913. The quantitative estimate of drug-likeness (QED) is 0.780. The van der Waals surface area contributed by atoms with Crippen molar-refractivity contribution in [2.75, 3.05) is 37.9 Å². The van der Waals surface area contributed by atoms with E-state index < -0.39 is 11.5 Å². The van der Waals surface area contributed by atoms with Crippen LogP contribution in [0.3, 0.4) is 0 Å². The molecule has 2 aromatic carbocycles. The molecule has 1 N–H and O–H groups in total. The van der Waals surface area contributed by atoms with Crippen LogP contribution in [0, 0.1) is 0 Å². The molecule has 2 aliphatic heterocycles. The molecule has 1 fully saturated rings.